The number of hydrogen-bond donors (Lipinski definition) is 2. The second-order valence-corrected chi connectivity index (χ2v) is 6.03. The van der Waals surface area contributed by atoms with Gasteiger partial charge in [0.15, 0.2) is 5.96 Å². The molecule has 1 heterocycles. The molecule has 1 fully saturated rings. The largest absolute Gasteiger partial charge is 0.382 e. The molecular formula is C16H35IN4O. The van der Waals surface area contributed by atoms with Crippen molar-refractivity contribution < 1.29 is 4.74 Å². The molecule has 0 spiro atoms. The van der Waals surface area contributed by atoms with Crippen LogP contribution in [-0.2, 0) is 4.74 Å². The Morgan fingerprint density at radius 1 is 1.36 bits per heavy atom. The Bertz CT molecular complexity index is 300. The van der Waals surface area contributed by atoms with Crippen LogP contribution in [0.5, 0.6) is 0 Å². The van der Waals surface area contributed by atoms with E-state index < -0.39 is 0 Å². The van der Waals surface area contributed by atoms with Gasteiger partial charge in [-0.25, -0.2) is 0 Å². The third-order valence-corrected chi connectivity index (χ3v) is 4.02. The van der Waals surface area contributed by atoms with E-state index in [0.717, 1.165) is 44.6 Å². The van der Waals surface area contributed by atoms with E-state index in [1.54, 1.807) is 0 Å². The van der Waals surface area contributed by atoms with Crippen molar-refractivity contribution in [3.05, 3.63) is 0 Å². The monoisotopic (exact) mass is 426 g/mol. The minimum absolute atomic E-state index is 0. The summed E-state index contributed by atoms with van der Waals surface area (Å²) < 4.78 is 5.33. The van der Waals surface area contributed by atoms with Crippen LogP contribution in [0.3, 0.4) is 0 Å². The summed E-state index contributed by atoms with van der Waals surface area (Å²) in [4.78, 5) is 6.86. The molecule has 1 aliphatic heterocycles. The number of ether oxygens (including phenoxy) is 1. The predicted octanol–water partition coefficient (Wildman–Crippen LogP) is 2.32. The van der Waals surface area contributed by atoms with Gasteiger partial charge in [0.1, 0.15) is 0 Å². The molecule has 0 aromatic carbocycles. The molecule has 0 amide bonds. The lowest BCUT2D eigenvalue weighted by Gasteiger charge is -2.35. The lowest BCUT2D eigenvalue weighted by molar-refractivity contribution is 0.140. The fourth-order valence-corrected chi connectivity index (χ4v) is 2.72. The van der Waals surface area contributed by atoms with E-state index in [0.29, 0.717) is 6.04 Å². The van der Waals surface area contributed by atoms with E-state index in [1.165, 1.54) is 25.9 Å². The molecule has 1 unspecified atom stereocenters. The molecule has 2 N–H and O–H groups in total. The summed E-state index contributed by atoms with van der Waals surface area (Å²) in [6.07, 6.45) is 3.64. The third kappa shape index (κ3) is 9.15. The topological polar surface area (TPSA) is 48.9 Å². The fourth-order valence-electron chi connectivity index (χ4n) is 2.72. The lowest BCUT2D eigenvalue weighted by Crippen LogP contribution is -2.46. The van der Waals surface area contributed by atoms with Crippen molar-refractivity contribution in [1.29, 1.82) is 0 Å². The Labute approximate surface area is 153 Å². The van der Waals surface area contributed by atoms with Crippen LogP contribution in [0.1, 0.15) is 40.0 Å². The van der Waals surface area contributed by atoms with Crippen molar-refractivity contribution in [1.82, 2.24) is 15.5 Å². The van der Waals surface area contributed by atoms with Gasteiger partial charge in [-0.1, -0.05) is 0 Å². The highest BCUT2D eigenvalue weighted by Crippen LogP contribution is 2.17. The second kappa shape index (κ2) is 13.4. The second-order valence-electron chi connectivity index (χ2n) is 6.03. The van der Waals surface area contributed by atoms with Gasteiger partial charge in [-0.2, -0.15) is 0 Å². The minimum atomic E-state index is 0. The van der Waals surface area contributed by atoms with Crippen molar-refractivity contribution in [2.75, 3.05) is 46.4 Å². The van der Waals surface area contributed by atoms with Gasteiger partial charge in [0.05, 0.1) is 0 Å². The summed E-state index contributed by atoms with van der Waals surface area (Å²) in [5.41, 5.74) is 0. The van der Waals surface area contributed by atoms with Crippen LogP contribution in [0.4, 0.5) is 0 Å². The molecule has 0 aliphatic carbocycles. The molecule has 0 aromatic rings. The zero-order valence-electron chi connectivity index (χ0n) is 14.7. The number of aliphatic imine (C=N–C) groups is 1. The molecule has 0 radical (unpaired) electrons. The van der Waals surface area contributed by atoms with E-state index in [1.807, 2.05) is 14.0 Å². The summed E-state index contributed by atoms with van der Waals surface area (Å²) in [5.74, 6) is 1.64. The molecule has 6 heteroatoms. The summed E-state index contributed by atoms with van der Waals surface area (Å²) in [6.45, 7) is 12.6. The first-order valence-electron chi connectivity index (χ1n) is 8.43. The smallest absolute Gasteiger partial charge is 0.190 e. The number of hydrogen-bond acceptors (Lipinski definition) is 3. The molecule has 1 atom stereocenters. The van der Waals surface area contributed by atoms with E-state index in [4.69, 9.17) is 4.74 Å². The molecule has 1 rings (SSSR count). The van der Waals surface area contributed by atoms with Gasteiger partial charge in [-0.15, -0.1) is 24.0 Å². The van der Waals surface area contributed by atoms with Crippen LogP contribution >= 0.6 is 24.0 Å². The zero-order valence-corrected chi connectivity index (χ0v) is 17.1. The lowest BCUT2D eigenvalue weighted by atomic mass is 9.97. The van der Waals surface area contributed by atoms with E-state index >= 15 is 0 Å². The van der Waals surface area contributed by atoms with Gasteiger partial charge in [0.2, 0.25) is 0 Å². The first kappa shape index (κ1) is 21.9. The Balaban J connectivity index is 0.00000441. The van der Waals surface area contributed by atoms with E-state index in [2.05, 4.69) is 34.4 Å². The average molecular weight is 426 g/mol. The van der Waals surface area contributed by atoms with Crippen LogP contribution in [-0.4, -0.2) is 63.3 Å². The maximum atomic E-state index is 5.33. The number of nitrogens with zero attached hydrogens (tertiary/aromatic N) is 2. The Morgan fingerprint density at radius 2 is 2.14 bits per heavy atom. The third-order valence-electron chi connectivity index (χ3n) is 4.02. The minimum Gasteiger partial charge on any atom is -0.382 e. The molecule has 22 heavy (non-hydrogen) atoms. The number of guanidine groups is 1. The van der Waals surface area contributed by atoms with Gasteiger partial charge in [-0.3, -0.25) is 4.99 Å². The SMILES string of the molecule is CCOCCCNC(=NC)NCC1CCCN(C(C)C)C1.I. The van der Waals surface area contributed by atoms with Crippen LogP contribution < -0.4 is 10.6 Å². The highest BCUT2D eigenvalue weighted by molar-refractivity contribution is 14.0. The predicted molar refractivity (Wildman–Crippen MR) is 105 cm³/mol. The van der Waals surface area contributed by atoms with Gasteiger partial charge in [0, 0.05) is 45.9 Å². The fraction of sp³-hybridized carbons (Fsp3) is 0.938. The van der Waals surface area contributed by atoms with Crippen molar-refractivity contribution in [3.8, 4) is 0 Å². The summed E-state index contributed by atoms with van der Waals surface area (Å²) in [5, 5.41) is 6.81. The van der Waals surface area contributed by atoms with Crippen LogP contribution in [0.2, 0.25) is 0 Å². The highest BCUT2D eigenvalue weighted by Gasteiger charge is 2.21. The average Bonchev–Trinajstić information content (AvgIpc) is 2.50. The summed E-state index contributed by atoms with van der Waals surface area (Å²) in [6, 6.07) is 0.656. The Morgan fingerprint density at radius 3 is 2.77 bits per heavy atom. The Kier molecular flexibility index (Phi) is 13.3. The van der Waals surface area contributed by atoms with Crippen molar-refractivity contribution in [2.45, 2.75) is 46.1 Å². The Hall–Kier alpha value is -0.0800. The van der Waals surface area contributed by atoms with Crippen LogP contribution in [0, 0.1) is 5.92 Å². The van der Waals surface area contributed by atoms with Crippen molar-refractivity contribution in [2.24, 2.45) is 10.9 Å². The number of piperidine rings is 1. The number of likely N-dealkylation sites (tertiary alicyclic amines) is 1. The molecule has 0 saturated carbocycles. The molecule has 1 saturated heterocycles. The highest BCUT2D eigenvalue weighted by atomic mass is 127. The van der Waals surface area contributed by atoms with E-state index in [9.17, 15) is 0 Å². The number of rotatable bonds is 8. The van der Waals surface area contributed by atoms with Crippen molar-refractivity contribution >= 4 is 29.9 Å². The van der Waals surface area contributed by atoms with Crippen LogP contribution in [0.25, 0.3) is 0 Å². The quantitative estimate of drug-likeness (QED) is 0.271. The normalized spacial score (nSPS) is 19.9. The summed E-state index contributed by atoms with van der Waals surface area (Å²) in [7, 11) is 1.83. The first-order valence-corrected chi connectivity index (χ1v) is 8.43. The molecule has 1 aliphatic rings. The maximum Gasteiger partial charge on any atom is 0.190 e. The molecule has 132 valence electrons. The van der Waals surface area contributed by atoms with Gasteiger partial charge in [-0.05, 0) is 52.5 Å². The molecular weight excluding hydrogens is 391 g/mol. The summed E-state index contributed by atoms with van der Waals surface area (Å²) >= 11 is 0. The van der Waals surface area contributed by atoms with Gasteiger partial charge in [0.25, 0.3) is 0 Å². The maximum absolute atomic E-state index is 5.33. The van der Waals surface area contributed by atoms with Crippen molar-refractivity contribution in [3.63, 3.8) is 0 Å². The zero-order chi connectivity index (χ0) is 15.5. The number of halogens is 1. The van der Waals surface area contributed by atoms with Gasteiger partial charge < -0.3 is 20.3 Å². The molecule has 0 aromatic heterocycles. The van der Waals surface area contributed by atoms with Gasteiger partial charge >= 0.3 is 0 Å². The first-order chi connectivity index (χ1) is 10.2. The standard InChI is InChI=1S/C16H34N4O.HI/c1-5-21-11-7-9-18-16(17-4)19-12-15-8-6-10-20(13-15)14(2)3;/h14-15H,5-13H2,1-4H3,(H2,17,18,19);1H. The molecule has 5 nitrogen and oxygen atoms in total. The molecule has 0 bridgehead atoms. The van der Waals surface area contributed by atoms with E-state index in [-0.39, 0.29) is 24.0 Å². The number of nitrogens with one attached hydrogen (secondary N) is 2. The van der Waals surface area contributed by atoms with Crippen LogP contribution in [0.15, 0.2) is 4.99 Å².